The monoisotopic (exact) mass is 253 g/mol. The molecule has 5 nitrogen and oxygen atoms in total. The van der Waals surface area contributed by atoms with E-state index in [-0.39, 0.29) is 11.3 Å². The molecule has 1 rings (SSSR count). The third-order valence-corrected chi connectivity index (χ3v) is 3.49. The highest BCUT2D eigenvalue weighted by Gasteiger charge is 2.53. The van der Waals surface area contributed by atoms with Crippen LogP contribution in [0.1, 0.15) is 27.7 Å². The average molecular weight is 253 g/mol. The van der Waals surface area contributed by atoms with Gasteiger partial charge in [0.1, 0.15) is 5.41 Å². The minimum absolute atomic E-state index is 0.0848. The molecule has 5 heteroatoms. The number of nitrogens with two attached hydrogens (primary N) is 1. The van der Waals surface area contributed by atoms with Crippen molar-refractivity contribution in [2.75, 3.05) is 0 Å². The van der Waals surface area contributed by atoms with Crippen molar-refractivity contribution in [1.82, 2.24) is 0 Å². The Hall–Kier alpha value is -1.78. The van der Waals surface area contributed by atoms with E-state index >= 15 is 0 Å². The van der Waals surface area contributed by atoms with Gasteiger partial charge >= 0.3 is 11.9 Å². The molecular weight excluding hydrogens is 234 g/mol. The number of carbonyl (C=O) groups is 2. The maximum Gasteiger partial charge on any atom is 0.331 e. The molecule has 0 spiro atoms. The van der Waals surface area contributed by atoms with Crippen LogP contribution in [-0.2, 0) is 9.59 Å². The number of allylic oxidation sites excluding steroid dienone is 2. The molecule has 0 aromatic heterocycles. The lowest BCUT2D eigenvalue weighted by molar-refractivity contribution is -0.151. The summed E-state index contributed by atoms with van der Waals surface area (Å²) < 4.78 is 0. The van der Waals surface area contributed by atoms with Crippen molar-refractivity contribution in [3.8, 4) is 0 Å². The van der Waals surface area contributed by atoms with Gasteiger partial charge in [-0.15, -0.1) is 0 Å². The normalized spacial score (nSPS) is 28.3. The fraction of sp³-hybridized carbons (Fsp3) is 0.538. The number of carboxylic acids is 2. The first-order chi connectivity index (χ1) is 8.02. The molecule has 0 fully saturated rings. The molecule has 0 heterocycles. The van der Waals surface area contributed by atoms with Crippen molar-refractivity contribution in [1.29, 1.82) is 0 Å². The summed E-state index contributed by atoms with van der Waals surface area (Å²) in [6, 6.07) is 0. The number of rotatable bonds is 2. The van der Waals surface area contributed by atoms with E-state index < -0.39 is 28.7 Å². The van der Waals surface area contributed by atoms with E-state index in [1.807, 2.05) is 20.8 Å². The van der Waals surface area contributed by atoms with E-state index in [4.69, 9.17) is 5.73 Å². The van der Waals surface area contributed by atoms with Gasteiger partial charge in [-0.1, -0.05) is 20.8 Å². The van der Waals surface area contributed by atoms with Crippen LogP contribution in [0.15, 0.2) is 23.4 Å². The van der Waals surface area contributed by atoms with E-state index in [1.165, 1.54) is 19.1 Å². The molecule has 0 aromatic carbocycles. The molecule has 2 atom stereocenters. The van der Waals surface area contributed by atoms with Crippen LogP contribution in [0.25, 0.3) is 0 Å². The third kappa shape index (κ3) is 2.00. The summed E-state index contributed by atoms with van der Waals surface area (Å²) >= 11 is 0. The van der Waals surface area contributed by atoms with Gasteiger partial charge in [-0.3, -0.25) is 4.79 Å². The lowest BCUT2D eigenvalue weighted by Crippen LogP contribution is -2.49. The quantitative estimate of drug-likeness (QED) is 0.694. The first-order valence-electron chi connectivity index (χ1n) is 5.67. The molecule has 0 saturated heterocycles. The summed E-state index contributed by atoms with van der Waals surface area (Å²) in [6.45, 7) is 6.92. The molecule has 0 saturated carbocycles. The standard InChI is InChI=1S/C13H19NO4/c1-12(2,3)9-7(10(15)16)5-6-8(14)13(9,4)11(17)18/h5-6,9H,14H2,1-4H3,(H,15,16)(H,17,18). The summed E-state index contributed by atoms with van der Waals surface area (Å²) in [5.41, 5.74) is 4.14. The van der Waals surface area contributed by atoms with Gasteiger partial charge in [-0.2, -0.15) is 0 Å². The van der Waals surface area contributed by atoms with Crippen LogP contribution in [0.3, 0.4) is 0 Å². The summed E-state index contributed by atoms with van der Waals surface area (Å²) in [5.74, 6) is -2.90. The first kappa shape index (κ1) is 14.3. The largest absolute Gasteiger partial charge is 0.481 e. The minimum Gasteiger partial charge on any atom is -0.481 e. The second-order valence-corrected chi connectivity index (χ2v) is 5.86. The topological polar surface area (TPSA) is 101 Å². The zero-order valence-corrected chi connectivity index (χ0v) is 11.0. The van der Waals surface area contributed by atoms with E-state index in [0.717, 1.165) is 0 Å². The smallest absolute Gasteiger partial charge is 0.331 e. The van der Waals surface area contributed by atoms with E-state index in [1.54, 1.807) is 0 Å². The Labute approximate surface area is 106 Å². The highest BCUT2D eigenvalue weighted by atomic mass is 16.4. The number of hydrogen-bond donors (Lipinski definition) is 3. The molecule has 0 amide bonds. The molecular formula is C13H19NO4. The maximum absolute atomic E-state index is 11.6. The van der Waals surface area contributed by atoms with Gasteiger partial charge in [0.05, 0.1) is 0 Å². The van der Waals surface area contributed by atoms with Crippen LogP contribution in [0.4, 0.5) is 0 Å². The van der Waals surface area contributed by atoms with Gasteiger partial charge in [0.15, 0.2) is 0 Å². The van der Waals surface area contributed by atoms with E-state index in [0.29, 0.717) is 0 Å². The van der Waals surface area contributed by atoms with Crippen LogP contribution >= 0.6 is 0 Å². The van der Waals surface area contributed by atoms with Crippen LogP contribution in [0, 0.1) is 16.7 Å². The van der Waals surface area contributed by atoms with Gasteiger partial charge in [0.25, 0.3) is 0 Å². The molecule has 0 radical (unpaired) electrons. The second kappa shape index (κ2) is 4.15. The average Bonchev–Trinajstić information content (AvgIpc) is 2.19. The molecule has 1 aliphatic carbocycles. The highest BCUT2D eigenvalue weighted by molar-refractivity contribution is 5.91. The van der Waals surface area contributed by atoms with Crippen LogP contribution in [0.2, 0.25) is 0 Å². The number of hydrogen-bond acceptors (Lipinski definition) is 3. The van der Waals surface area contributed by atoms with E-state index in [9.17, 15) is 19.8 Å². The molecule has 2 unspecified atom stereocenters. The fourth-order valence-corrected chi connectivity index (χ4v) is 2.70. The van der Waals surface area contributed by atoms with Crippen molar-refractivity contribution in [2.45, 2.75) is 27.7 Å². The van der Waals surface area contributed by atoms with Gasteiger partial charge in [-0.05, 0) is 24.5 Å². The summed E-state index contributed by atoms with van der Waals surface area (Å²) in [5, 5.41) is 18.7. The Morgan fingerprint density at radius 1 is 1.28 bits per heavy atom. The third-order valence-electron chi connectivity index (χ3n) is 3.49. The van der Waals surface area contributed by atoms with Crippen molar-refractivity contribution >= 4 is 11.9 Å². The molecule has 100 valence electrons. The zero-order chi connectivity index (χ0) is 14.3. The van der Waals surface area contributed by atoms with Crippen LogP contribution in [0.5, 0.6) is 0 Å². The highest BCUT2D eigenvalue weighted by Crippen LogP contribution is 2.50. The molecule has 0 aromatic rings. The van der Waals surface area contributed by atoms with Gasteiger partial charge in [0, 0.05) is 17.2 Å². The maximum atomic E-state index is 11.6. The summed E-state index contributed by atoms with van der Waals surface area (Å²) in [6.07, 6.45) is 2.78. The minimum atomic E-state index is -1.40. The summed E-state index contributed by atoms with van der Waals surface area (Å²) in [4.78, 5) is 22.9. The van der Waals surface area contributed by atoms with Gasteiger partial charge in [0.2, 0.25) is 0 Å². The second-order valence-electron chi connectivity index (χ2n) is 5.86. The molecule has 0 bridgehead atoms. The van der Waals surface area contributed by atoms with Crippen molar-refractivity contribution in [3.05, 3.63) is 23.4 Å². The van der Waals surface area contributed by atoms with E-state index in [2.05, 4.69) is 0 Å². The predicted molar refractivity (Wildman–Crippen MR) is 66.7 cm³/mol. The van der Waals surface area contributed by atoms with Crippen LogP contribution < -0.4 is 5.73 Å². The lowest BCUT2D eigenvalue weighted by atomic mass is 9.58. The first-order valence-corrected chi connectivity index (χ1v) is 5.67. The fourth-order valence-electron chi connectivity index (χ4n) is 2.70. The van der Waals surface area contributed by atoms with Gasteiger partial charge in [-0.25, -0.2) is 4.79 Å². The summed E-state index contributed by atoms with van der Waals surface area (Å²) in [7, 11) is 0. The van der Waals surface area contributed by atoms with Crippen molar-refractivity contribution in [2.24, 2.45) is 22.5 Å². The van der Waals surface area contributed by atoms with Crippen molar-refractivity contribution in [3.63, 3.8) is 0 Å². The predicted octanol–water partition coefficient (Wildman–Crippen LogP) is 1.61. The molecule has 18 heavy (non-hydrogen) atoms. The Bertz CT molecular complexity index is 456. The molecule has 1 aliphatic rings. The Morgan fingerprint density at radius 3 is 2.11 bits per heavy atom. The van der Waals surface area contributed by atoms with Gasteiger partial charge < -0.3 is 15.9 Å². The zero-order valence-electron chi connectivity index (χ0n) is 11.0. The molecule has 4 N–H and O–H groups in total. The molecule has 0 aliphatic heterocycles. The lowest BCUT2D eigenvalue weighted by Gasteiger charge is -2.44. The Balaban J connectivity index is 3.52. The number of aliphatic carboxylic acids is 2. The Kier molecular flexibility index (Phi) is 3.30. The number of carboxylic acid groups (broad SMARTS) is 2. The van der Waals surface area contributed by atoms with Crippen LogP contribution in [-0.4, -0.2) is 22.2 Å². The van der Waals surface area contributed by atoms with Crippen molar-refractivity contribution < 1.29 is 19.8 Å². The Morgan fingerprint density at radius 2 is 1.78 bits per heavy atom. The SMILES string of the molecule is CC(C)(C)C1C(C(=O)O)=CC=C(N)C1(C)C(=O)O.